The first-order valence-corrected chi connectivity index (χ1v) is 6.77. The molecule has 1 aromatic rings. The summed E-state index contributed by atoms with van der Waals surface area (Å²) in [6, 6.07) is 5.98. The molecule has 1 amide bonds. The van der Waals surface area contributed by atoms with Gasteiger partial charge in [-0.15, -0.1) is 0 Å². The fourth-order valence-electron chi connectivity index (χ4n) is 2.32. The molecule has 0 unspecified atom stereocenters. The van der Waals surface area contributed by atoms with Crippen molar-refractivity contribution in [3.05, 3.63) is 34.4 Å². The summed E-state index contributed by atoms with van der Waals surface area (Å²) in [6.07, 6.45) is 3.78. The first-order chi connectivity index (χ1) is 9.54. The zero-order valence-corrected chi connectivity index (χ0v) is 11.5. The van der Waals surface area contributed by atoms with Crippen molar-refractivity contribution in [2.75, 3.05) is 25.5 Å². The first kappa shape index (κ1) is 14.5. The average Bonchev–Trinajstić information content (AvgIpc) is 2.34. The van der Waals surface area contributed by atoms with Gasteiger partial charge < -0.3 is 5.32 Å². The summed E-state index contributed by atoms with van der Waals surface area (Å²) in [5, 5.41) is 13.4. The van der Waals surface area contributed by atoms with Crippen molar-refractivity contribution in [2.45, 2.75) is 19.3 Å². The van der Waals surface area contributed by atoms with Crippen molar-refractivity contribution < 1.29 is 9.72 Å². The predicted octanol–water partition coefficient (Wildman–Crippen LogP) is 2.27. The third-order valence-electron chi connectivity index (χ3n) is 3.55. The molecule has 6 nitrogen and oxygen atoms in total. The van der Waals surface area contributed by atoms with Crippen molar-refractivity contribution in [1.29, 1.82) is 0 Å². The number of rotatable bonds is 6. The second kappa shape index (κ2) is 6.47. The lowest BCUT2D eigenvalue weighted by Crippen LogP contribution is -2.35. The summed E-state index contributed by atoms with van der Waals surface area (Å²) in [6.45, 7) is 1.24. The molecular formula is C14H19N3O3. The molecule has 0 atom stereocenters. The van der Waals surface area contributed by atoms with Gasteiger partial charge in [-0.3, -0.25) is 19.8 Å². The van der Waals surface area contributed by atoms with Crippen LogP contribution in [0.2, 0.25) is 0 Å². The van der Waals surface area contributed by atoms with E-state index < -0.39 is 4.92 Å². The number of anilines is 1. The molecule has 20 heavy (non-hydrogen) atoms. The standard InChI is InChI=1S/C14H19N3O3/c1-16(9-11-4-2-5-11)10-14(18)15-12-6-3-7-13(8-12)17(19)20/h3,6-8,11H,2,4-5,9-10H2,1H3,(H,15,18). The van der Waals surface area contributed by atoms with Crippen molar-refractivity contribution in [3.8, 4) is 0 Å². The smallest absolute Gasteiger partial charge is 0.271 e. The molecule has 2 rings (SSSR count). The molecule has 108 valence electrons. The first-order valence-electron chi connectivity index (χ1n) is 6.77. The number of benzene rings is 1. The third-order valence-corrected chi connectivity index (χ3v) is 3.55. The zero-order chi connectivity index (χ0) is 14.5. The Morgan fingerprint density at radius 2 is 2.25 bits per heavy atom. The van der Waals surface area contributed by atoms with Crippen LogP contribution in [0.25, 0.3) is 0 Å². The van der Waals surface area contributed by atoms with Gasteiger partial charge in [-0.05, 0) is 31.9 Å². The highest BCUT2D eigenvalue weighted by Gasteiger charge is 2.20. The van der Waals surface area contributed by atoms with Gasteiger partial charge in [0.25, 0.3) is 5.69 Å². The summed E-state index contributed by atoms with van der Waals surface area (Å²) in [5.41, 5.74) is 0.437. The number of amides is 1. The van der Waals surface area contributed by atoms with Crippen LogP contribution in [0.1, 0.15) is 19.3 Å². The maximum absolute atomic E-state index is 11.9. The number of carbonyl (C=O) groups excluding carboxylic acids is 1. The van der Waals surface area contributed by atoms with Crippen molar-refractivity contribution >= 4 is 17.3 Å². The highest BCUT2D eigenvalue weighted by Crippen LogP contribution is 2.26. The number of nitro groups is 1. The molecule has 1 aliphatic carbocycles. The minimum Gasteiger partial charge on any atom is -0.325 e. The second-order valence-corrected chi connectivity index (χ2v) is 5.35. The summed E-state index contributed by atoms with van der Waals surface area (Å²) in [4.78, 5) is 24.1. The molecule has 0 spiro atoms. The highest BCUT2D eigenvalue weighted by molar-refractivity contribution is 5.92. The van der Waals surface area contributed by atoms with E-state index in [2.05, 4.69) is 5.32 Å². The van der Waals surface area contributed by atoms with Gasteiger partial charge in [-0.2, -0.15) is 0 Å². The number of hydrogen-bond acceptors (Lipinski definition) is 4. The van der Waals surface area contributed by atoms with Crippen LogP contribution < -0.4 is 5.32 Å². The molecule has 1 N–H and O–H groups in total. The monoisotopic (exact) mass is 277 g/mol. The van der Waals surface area contributed by atoms with Gasteiger partial charge in [-0.25, -0.2) is 0 Å². The van der Waals surface area contributed by atoms with E-state index in [1.165, 1.54) is 31.4 Å². The molecule has 1 aromatic carbocycles. The topological polar surface area (TPSA) is 75.5 Å². The maximum Gasteiger partial charge on any atom is 0.271 e. The van der Waals surface area contributed by atoms with Crippen LogP contribution in [0, 0.1) is 16.0 Å². The lowest BCUT2D eigenvalue weighted by molar-refractivity contribution is -0.384. The van der Waals surface area contributed by atoms with Crippen molar-refractivity contribution in [2.24, 2.45) is 5.92 Å². The molecule has 1 fully saturated rings. The average molecular weight is 277 g/mol. The Morgan fingerprint density at radius 1 is 1.50 bits per heavy atom. The van der Waals surface area contributed by atoms with E-state index in [4.69, 9.17) is 0 Å². The molecule has 0 saturated heterocycles. The number of non-ortho nitro benzene ring substituents is 1. The van der Waals surface area contributed by atoms with Crippen LogP contribution >= 0.6 is 0 Å². The van der Waals surface area contributed by atoms with Crippen LogP contribution in [-0.2, 0) is 4.79 Å². The van der Waals surface area contributed by atoms with E-state index in [1.807, 2.05) is 11.9 Å². The zero-order valence-electron chi connectivity index (χ0n) is 11.5. The number of nitro benzene ring substituents is 1. The largest absolute Gasteiger partial charge is 0.325 e. The lowest BCUT2D eigenvalue weighted by atomic mass is 9.85. The molecular weight excluding hydrogens is 258 g/mol. The summed E-state index contributed by atoms with van der Waals surface area (Å²) in [5.74, 6) is 0.568. The molecule has 0 aliphatic heterocycles. The van der Waals surface area contributed by atoms with E-state index in [1.54, 1.807) is 12.1 Å². The fraction of sp³-hybridized carbons (Fsp3) is 0.500. The summed E-state index contributed by atoms with van der Waals surface area (Å²) < 4.78 is 0. The van der Waals surface area contributed by atoms with Crippen LogP contribution in [0.4, 0.5) is 11.4 Å². The minimum atomic E-state index is -0.474. The molecule has 1 saturated carbocycles. The quantitative estimate of drug-likeness (QED) is 0.639. The predicted molar refractivity (Wildman–Crippen MR) is 76.6 cm³/mol. The van der Waals surface area contributed by atoms with Gasteiger partial charge in [0.1, 0.15) is 0 Å². The molecule has 0 bridgehead atoms. The van der Waals surface area contributed by atoms with E-state index in [0.29, 0.717) is 18.2 Å². The van der Waals surface area contributed by atoms with Gasteiger partial charge in [0.15, 0.2) is 0 Å². The Kier molecular flexibility index (Phi) is 4.68. The second-order valence-electron chi connectivity index (χ2n) is 5.35. The molecule has 0 heterocycles. The highest BCUT2D eigenvalue weighted by atomic mass is 16.6. The summed E-state index contributed by atoms with van der Waals surface area (Å²) in [7, 11) is 1.92. The Hall–Kier alpha value is -1.95. The van der Waals surface area contributed by atoms with E-state index in [0.717, 1.165) is 6.54 Å². The van der Waals surface area contributed by atoms with E-state index in [9.17, 15) is 14.9 Å². The summed E-state index contributed by atoms with van der Waals surface area (Å²) >= 11 is 0. The molecule has 1 aliphatic rings. The number of hydrogen-bond donors (Lipinski definition) is 1. The van der Waals surface area contributed by atoms with Crippen molar-refractivity contribution in [1.82, 2.24) is 4.90 Å². The van der Waals surface area contributed by atoms with Gasteiger partial charge in [0.2, 0.25) is 5.91 Å². The Morgan fingerprint density at radius 3 is 2.85 bits per heavy atom. The Labute approximate surface area is 117 Å². The molecule has 0 aromatic heterocycles. The number of nitrogens with zero attached hydrogens (tertiary/aromatic N) is 2. The van der Waals surface area contributed by atoms with Crippen LogP contribution in [0.5, 0.6) is 0 Å². The Bertz CT molecular complexity index is 500. The van der Waals surface area contributed by atoms with Gasteiger partial charge in [0, 0.05) is 24.4 Å². The third kappa shape index (κ3) is 4.03. The number of likely N-dealkylation sites (N-methyl/N-ethyl adjacent to an activating group) is 1. The SMILES string of the molecule is CN(CC(=O)Nc1cccc([N+](=O)[O-])c1)CC1CCC1. The Balaban J connectivity index is 1.84. The van der Waals surface area contributed by atoms with Crippen molar-refractivity contribution in [3.63, 3.8) is 0 Å². The number of nitrogens with one attached hydrogen (secondary N) is 1. The normalized spacial score (nSPS) is 14.9. The van der Waals surface area contributed by atoms with Crippen LogP contribution in [-0.4, -0.2) is 35.9 Å². The lowest BCUT2D eigenvalue weighted by Gasteiger charge is -2.29. The fourth-order valence-corrected chi connectivity index (χ4v) is 2.32. The maximum atomic E-state index is 11.9. The van der Waals surface area contributed by atoms with E-state index >= 15 is 0 Å². The number of carbonyl (C=O) groups is 1. The van der Waals surface area contributed by atoms with Gasteiger partial charge in [-0.1, -0.05) is 12.5 Å². The molecule has 6 heteroatoms. The van der Waals surface area contributed by atoms with Crippen LogP contribution in [0.15, 0.2) is 24.3 Å². The van der Waals surface area contributed by atoms with Gasteiger partial charge >= 0.3 is 0 Å². The van der Waals surface area contributed by atoms with E-state index in [-0.39, 0.29) is 11.6 Å². The molecule has 0 radical (unpaired) electrons. The van der Waals surface area contributed by atoms with Crippen LogP contribution in [0.3, 0.4) is 0 Å². The minimum absolute atomic E-state index is 0.0226. The van der Waals surface area contributed by atoms with Gasteiger partial charge in [0.05, 0.1) is 11.5 Å².